The number of aromatic nitrogens is 3. The maximum absolute atomic E-state index is 11.6. The average molecular weight is 315 g/mol. The number of carbonyl (C=O) groups is 1. The molecule has 2 aromatic rings. The molecule has 3 rings (SSSR count). The van der Waals surface area contributed by atoms with Gasteiger partial charge in [0, 0.05) is 31.4 Å². The van der Waals surface area contributed by atoms with E-state index in [0.717, 1.165) is 31.6 Å². The SMILES string of the molecule is NC(=O)c1cccnc1N1CCCC(c2ccn(CCO)n2)C1. The average Bonchev–Trinajstić information content (AvgIpc) is 3.04. The highest BCUT2D eigenvalue weighted by Crippen LogP contribution is 2.29. The van der Waals surface area contributed by atoms with E-state index in [9.17, 15) is 4.79 Å². The van der Waals surface area contributed by atoms with Gasteiger partial charge in [0.25, 0.3) is 5.91 Å². The molecule has 1 fully saturated rings. The van der Waals surface area contributed by atoms with E-state index in [4.69, 9.17) is 10.8 Å². The summed E-state index contributed by atoms with van der Waals surface area (Å²) < 4.78 is 1.75. The number of carbonyl (C=O) groups excluding carboxylic acids is 1. The Labute approximate surface area is 134 Å². The molecule has 3 N–H and O–H groups in total. The highest BCUT2D eigenvalue weighted by Gasteiger charge is 2.26. The van der Waals surface area contributed by atoms with Crippen LogP contribution in [-0.2, 0) is 6.54 Å². The molecule has 1 amide bonds. The molecule has 2 aromatic heterocycles. The van der Waals surface area contributed by atoms with Crippen molar-refractivity contribution in [2.45, 2.75) is 25.3 Å². The second-order valence-electron chi connectivity index (χ2n) is 5.75. The molecule has 0 aromatic carbocycles. The molecule has 7 nitrogen and oxygen atoms in total. The first-order chi connectivity index (χ1) is 11.2. The minimum Gasteiger partial charge on any atom is -0.394 e. The fourth-order valence-electron chi connectivity index (χ4n) is 3.07. The van der Waals surface area contributed by atoms with Crippen molar-refractivity contribution in [2.24, 2.45) is 5.73 Å². The number of pyridine rings is 1. The molecule has 1 unspecified atom stereocenters. The third kappa shape index (κ3) is 3.34. The molecule has 3 heterocycles. The first-order valence-corrected chi connectivity index (χ1v) is 7.83. The Morgan fingerprint density at radius 2 is 2.30 bits per heavy atom. The molecule has 1 atom stereocenters. The maximum Gasteiger partial charge on any atom is 0.252 e. The number of hydrogen-bond acceptors (Lipinski definition) is 5. The topological polar surface area (TPSA) is 97.3 Å². The van der Waals surface area contributed by atoms with Gasteiger partial charge in [-0.15, -0.1) is 0 Å². The highest BCUT2D eigenvalue weighted by atomic mass is 16.3. The lowest BCUT2D eigenvalue weighted by atomic mass is 9.94. The summed E-state index contributed by atoms with van der Waals surface area (Å²) >= 11 is 0. The molecule has 7 heteroatoms. The highest BCUT2D eigenvalue weighted by molar-refractivity contribution is 5.97. The third-order valence-electron chi connectivity index (χ3n) is 4.18. The molecular weight excluding hydrogens is 294 g/mol. The van der Waals surface area contributed by atoms with Crippen molar-refractivity contribution in [1.29, 1.82) is 0 Å². The maximum atomic E-state index is 11.6. The number of primary amides is 1. The fourth-order valence-corrected chi connectivity index (χ4v) is 3.07. The van der Waals surface area contributed by atoms with Gasteiger partial charge in [0.05, 0.1) is 24.4 Å². The second-order valence-corrected chi connectivity index (χ2v) is 5.75. The third-order valence-corrected chi connectivity index (χ3v) is 4.18. The van der Waals surface area contributed by atoms with Gasteiger partial charge in [-0.05, 0) is 31.0 Å². The number of aliphatic hydroxyl groups is 1. The van der Waals surface area contributed by atoms with Gasteiger partial charge in [-0.25, -0.2) is 4.98 Å². The van der Waals surface area contributed by atoms with Crippen LogP contribution in [0.3, 0.4) is 0 Å². The van der Waals surface area contributed by atoms with Gasteiger partial charge in [-0.3, -0.25) is 9.48 Å². The van der Waals surface area contributed by atoms with Crippen molar-refractivity contribution in [2.75, 3.05) is 24.6 Å². The van der Waals surface area contributed by atoms with Crippen LogP contribution in [0.4, 0.5) is 5.82 Å². The van der Waals surface area contributed by atoms with Gasteiger partial charge in [-0.1, -0.05) is 0 Å². The number of nitrogens with zero attached hydrogens (tertiary/aromatic N) is 4. The number of aliphatic hydroxyl groups excluding tert-OH is 1. The van der Waals surface area contributed by atoms with E-state index in [0.29, 0.717) is 17.9 Å². The summed E-state index contributed by atoms with van der Waals surface area (Å²) in [5.41, 5.74) is 6.93. The molecule has 0 aliphatic carbocycles. The van der Waals surface area contributed by atoms with E-state index in [1.165, 1.54) is 0 Å². The second kappa shape index (κ2) is 6.78. The van der Waals surface area contributed by atoms with Gasteiger partial charge in [0.1, 0.15) is 5.82 Å². The Morgan fingerprint density at radius 3 is 3.09 bits per heavy atom. The number of hydrogen-bond donors (Lipinski definition) is 2. The first kappa shape index (κ1) is 15.5. The van der Waals surface area contributed by atoms with Gasteiger partial charge in [-0.2, -0.15) is 5.10 Å². The summed E-state index contributed by atoms with van der Waals surface area (Å²) in [7, 11) is 0. The van der Waals surface area contributed by atoms with Crippen LogP contribution in [0.2, 0.25) is 0 Å². The van der Waals surface area contributed by atoms with E-state index in [-0.39, 0.29) is 12.5 Å². The summed E-state index contributed by atoms with van der Waals surface area (Å²) in [5, 5.41) is 13.5. The molecule has 0 spiro atoms. The van der Waals surface area contributed by atoms with Crippen LogP contribution in [0.5, 0.6) is 0 Å². The normalized spacial score (nSPS) is 18.1. The van der Waals surface area contributed by atoms with E-state index >= 15 is 0 Å². The van der Waals surface area contributed by atoms with Crippen molar-refractivity contribution in [1.82, 2.24) is 14.8 Å². The minimum atomic E-state index is -0.456. The predicted molar refractivity (Wildman–Crippen MR) is 86.3 cm³/mol. The lowest BCUT2D eigenvalue weighted by molar-refractivity contribution is 0.100. The zero-order valence-corrected chi connectivity index (χ0v) is 12.9. The molecule has 23 heavy (non-hydrogen) atoms. The van der Waals surface area contributed by atoms with Crippen molar-refractivity contribution >= 4 is 11.7 Å². The Balaban J connectivity index is 1.79. The van der Waals surface area contributed by atoms with E-state index < -0.39 is 5.91 Å². The predicted octanol–water partition coefficient (Wildman–Crippen LogP) is 0.753. The lowest BCUT2D eigenvalue weighted by Crippen LogP contribution is -2.36. The monoisotopic (exact) mass is 315 g/mol. The van der Waals surface area contributed by atoms with E-state index in [2.05, 4.69) is 15.0 Å². The van der Waals surface area contributed by atoms with Crippen molar-refractivity contribution in [3.63, 3.8) is 0 Å². The molecule has 0 saturated carbocycles. The zero-order chi connectivity index (χ0) is 16.2. The smallest absolute Gasteiger partial charge is 0.252 e. The van der Waals surface area contributed by atoms with Crippen LogP contribution in [0, 0.1) is 0 Å². The van der Waals surface area contributed by atoms with Crippen LogP contribution < -0.4 is 10.6 Å². The van der Waals surface area contributed by atoms with E-state index in [1.807, 2.05) is 12.3 Å². The minimum absolute atomic E-state index is 0.0772. The summed E-state index contributed by atoms with van der Waals surface area (Å²) in [6, 6.07) is 5.43. The molecule has 0 bridgehead atoms. The molecule has 1 saturated heterocycles. The summed E-state index contributed by atoms with van der Waals surface area (Å²) in [6.45, 7) is 2.19. The standard InChI is InChI=1S/C16H21N5O2/c17-15(23)13-4-1-6-18-16(13)20-7-2-3-12(11-20)14-5-8-21(19-14)9-10-22/h1,4-6,8,12,22H,2-3,7,9-11H2,(H2,17,23). The Morgan fingerprint density at radius 1 is 1.43 bits per heavy atom. The Bertz CT molecular complexity index is 685. The first-order valence-electron chi connectivity index (χ1n) is 7.83. The molecule has 122 valence electrons. The lowest BCUT2D eigenvalue weighted by Gasteiger charge is -2.33. The molecular formula is C16H21N5O2. The molecule has 1 aliphatic rings. The fraction of sp³-hybridized carbons (Fsp3) is 0.438. The van der Waals surface area contributed by atoms with Crippen molar-refractivity contribution in [3.05, 3.63) is 41.9 Å². The zero-order valence-electron chi connectivity index (χ0n) is 12.9. The Kier molecular flexibility index (Phi) is 4.57. The van der Waals surface area contributed by atoms with Crippen LogP contribution in [0.1, 0.15) is 34.8 Å². The molecule has 0 radical (unpaired) electrons. The quantitative estimate of drug-likeness (QED) is 0.849. The summed E-state index contributed by atoms with van der Waals surface area (Å²) in [5.74, 6) is 0.480. The van der Waals surface area contributed by atoms with Crippen LogP contribution in [-0.4, -0.2) is 45.5 Å². The van der Waals surface area contributed by atoms with Gasteiger partial charge < -0.3 is 15.7 Å². The van der Waals surface area contributed by atoms with Gasteiger partial charge >= 0.3 is 0 Å². The largest absolute Gasteiger partial charge is 0.394 e. The van der Waals surface area contributed by atoms with Crippen molar-refractivity contribution < 1.29 is 9.90 Å². The summed E-state index contributed by atoms with van der Waals surface area (Å²) in [6.07, 6.45) is 5.62. The van der Waals surface area contributed by atoms with Crippen molar-refractivity contribution in [3.8, 4) is 0 Å². The van der Waals surface area contributed by atoms with Gasteiger partial charge in [0.2, 0.25) is 0 Å². The van der Waals surface area contributed by atoms with Gasteiger partial charge in [0.15, 0.2) is 0 Å². The number of piperidine rings is 1. The van der Waals surface area contributed by atoms with Crippen LogP contribution in [0.25, 0.3) is 0 Å². The van der Waals surface area contributed by atoms with Crippen LogP contribution >= 0.6 is 0 Å². The number of amides is 1. The molecule has 1 aliphatic heterocycles. The van der Waals surface area contributed by atoms with Crippen LogP contribution in [0.15, 0.2) is 30.6 Å². The number of anilines is 1. The number of nitrogens with two attached hydrogens (primary N) is 1. The summed E-state index contributed by atoms with van der Waals surface area (Å²) in [4.78, 5) is 18.1. The number of rotatable bonds is 5. The Hall–Kier alpha value is -2.41. The van der Waals surface area contributed by atoms with E-state index in [1.54, 1.807) is 23.0 Å².